The minimum absolute atomic E-state index is 0.116. The Hall–Kier alpha value is -3.13. The van der Waals surface area contributed by atoms with Gasteiger partial charge in [-0.25, -0.2) is 9.67 Å². The third-order valence-corrected chi connectivity index (χ3v) is 5.96. The second-order valence-corrected chi connectivity index (χ2v) is 8.81. The third-order valence-electron chi connectivity index (χ3n) is 5.96. The predicted octanol–water partition coefficient (Wildman–Crippen LogP) is 3.91. The van der Waals surface area contributed by atoms with E-state index in [-0.39, 0.29) is 11.9 Å². The standard InChI is InChI=1S/C25H33N5O3/c1-6-29(16(2)3)10-9-26-25(31)19-14-21(28-24-20(19)15-27-30(24)17(4)5)18-7-8-22-23(13-18)33-12-11-32-22/h7-8,13-17H,6,9-12H2,1-5H3,(H,26,31). The average Bonchev–Trinajstić information content (AvgIpc) is 3.25. The quantitative estimate of drug-likeness (QED) is 0.559. The van der Waals surface area contributed by atoms with Gasteiger partial charge in [0, 0.05) is 30.7 Å². The van der Waals surface area contributed by atoms with Crippen molar-refractivity contribution in [3.8, 4) is 22.8 Å². The first-order valence-electron chi connectivity index (χ1n) is 11.7. The topological polar surface area (TPSA) is 81.5 Å². The van der Waals surface area contributed by atoms with Crippen LogP contribution in [0.4, 0.5) is 0 Å². The van der Waals surface area contributed by atoms with Gasteiger partial charge in [-0.15, -0.1) is 0 Å². The Bertz CT molecular complexity index is 1140. The Morgan fingerprint density at radius 2 is 1.91 bits per heavy atom. The van der Waals surface area contributed by atoms with Crippen molar-refractivity contribution in [2.75, 3.05) is 32.8 Å². The number of benzene rings is 1. The van der Waals surface area contributed by atoms with Crippen molar-refractivity contribution in [1.82, 2.24) is 25.0 Å². The van der Waals surface area contributed by atoms with E-state index in [1.54, 1.807) is 6.20 Å². The van der Waals surface area contributed by atoms with E-state index in [9.17, 15) is 4.79 Å². The van der Waals surface area contributed by atoms with E-state index < -0.39 is 0 Å². The van der Waals surface area contributed by atoms with Crippen molar-refractivity contribution in [1.29, 1.82) is 0 Å². The fraction of sp³-hybridized carbons (Fsp3) is 0.480. The highest BCUT2D eigenvalue weighted by molar-refractivity contribution is 6.06. The van der Waals surface area contributed by atoms with Crippen molar-refractivity contribution >= 4 is 16.9 Å². The molecule has 0 aliphatic carbocycles. The summed E-state index contributed by atoms with van der Waals surface area (Å²) in [6, 6.07) is 8.15. The minimum Gasteiger partial charge on any atom is -0.486 e. The smallest absolute Gasteiger partial charge is 0.252 e. The lowest BCUT2D eigenvalue weighted by molar-refractivity contribution is 0.0947. The molecule has 1 N–H and O–H groups in total. The molecule has 0 saturated carbocycles. The summed E-state index contributed by atoms with van der Waals surface area (Å²) in [5.74, 6) is 1.29. The van der Waals surface area contributed by atoms with Gasteiger partial charge >= 0.3 is 0 Å². The van der Waals surface area contributed by atoms with Gasteiger partial charge in [-0.2, -0.15) is 5.10 Å². The van der Waals surface area contributed by atoms with Crippen LogP contribution in [0.25, 0.3) is 22.3 Å². The van der Waals surface area contributed by atoms with Crippen molar-refractivity contribution in [2.24, 2.45) is 0 Å². The van der Waals surface area contributed by atoms with E-state index in [0.29, 0.717) is 48.5 Å². The summed E-state index contributed by atoms with van der Waals surface area (Å²) >= 11 is 0. The van der Waals surface area contributed by atoms with Crippen LogP contribution in [0, 0.1) is 0 Å². The van der Waals surface area contributed by atoms with Crippen LogP contribution in [0.2, 0.25) is 0 Å². The van der Waals surface area contributed by atoms with Crippen LogP contribution in [-0.2, 0) is 0 Å². The number of likely N-dealkylation sites (N-methyl/N-ethyl adjacent to an activating group) is 1. The molecule has 0 spiro atoms. The van der Waals surface area contributed by atoms with Crippen LogP contribution in [0.3, 0.4) is 0 Å². The molecule has 1 aliphatic rings. The second-order valence-electron chi connectivity index (χ2n) is 8.81. The highest BCUT2D eigenvalue weighted by Gasteiger charge is 2.20. The minimum atomic E-state index is -0.121. The maximum atomic E-state index is 13.3. The number of fused-ring (bicyclic) bond motifs is 2. The first kappa shape index (κ1) is 23.0. The number of nitrogens with zero attached hydrogens (tertiary/aromatic N) is 4. The number of amides is 1. The van der Waals surface area contributed by atoms with Crippen molar-refractivity contribution in [2.45, 2.75) is 46.7 Å². The maximum absolute atomic E-state index is 13.3. The van der Waals surface area contributed by atoms with Crippen LogP contribution in [0.5, 0.6) is 11.5 Å². The molecule has 1 aromatic carbocycles. The van der Waals surface area contributed by atoms with Crippen molar-refractivity contribution in [3.05, 3.63) is 36.0 Å². The van der Waals surface area contributed by atoms with Gasteiger partial charge in [0.15, 0.2) is 17.1 Å². The zero-order chi connectivity index (χ0) is 23.5. The van der Waals surface area contributed by atoms with Crippen LogP contribution in [-0.4, -0.2) is 64.5 Å². The van der Waals surface area contributed by atoms with Gasteiger partial charge in [0.25, 0.3) is 5.91 Å². The number of rotatable bonds is 8. The molecular formula is C25H33N5O3. The zero-order valence-corrected chi connectivity index (χ0v) is 20.1. The number of ether oxygens (including phenoxy) is 2. The van der Waals surface area contributed by atoms with E-state index in [1.807, 2.05) is 28.9 Å². The fourth-order valence-corrected chi connectivity index (χ4v) is 4.12. The summed E-state index contributed by atoms with van der Waals surface area (Å²) in [5, 5.41) is 8.35. The van der Waals surface area contributed by atoms with Gasteiger partial charge in [-0.05, 0) is 58.5 Å². The number of carbonyl (C=O) groups is 1. The number of aromatic nitrogens is 3. The molecule has 1 amide bonds. The van der Waals surface area contributed by atoms with Gasteiger partial charge in [0.05, 0.1) is 22.8 Å². The molecule has 3 aromatic rings. The van der Waals surface area contributed by atoms with Crippen molar-refractivity contribution in [3.63, 3.8) is 0 Å². The van der Waals surface area contributed by atoms with Gasteiger partial charge in [0.2, 0.25) is 0 Å². The number of pyridine rings is 1. The Balaban J connectivity index is 1.69. The Kier molecular flexibility index (Phi) is 6.83. The largest absolute Gasteiger partial charge is 0.486 e. The normalized spacial score (nSPS) is 13.3. The molecule has 1 aliphatic heterocycles. The first-order chi connectivity index (χ1) is 15.9. The van der Waals surface area contributed by atoms with Gasteiger partial charge < -0.3 is 14.8 Å². The molecule has 0 unspecified atom stereocenters. The first-order valence-corrected chi connectivity index (χ1v) is 11.7. The maximum Gasteiger partial charge on any atom is 0.252 e. The molecule has 0 radical (unpaired) electrons. The molecule has 8 nitrogen and oxygen atoms in total. The van der Waals surface area contributed by atoms with Crippen molar-refractivity contribution < 1.29 is 14.3 Å². The van der Waals surface area contributed by atoms with Crippen LogP contribution >= 0.6 is 0 Å². The summed E-state index contributed by atoms with van der Waals surface area (Å²) in [5.41, 5.74) is 2.83. The molecule has 8 heteroatoms. The lowest BCUT2D eigenvalue weighted by Gasteiger charge is -2.24. The van der Waals surface area contributed by atoms with E-state index in [2.05, 4.69) is 49.9 Å². The molecule has 0 fully saturated rings. The third kappa shape index (κ3) is 4.80. The van der Waals surface area contributed by atoms with Gasteiger partial charge in [-0.3, -0.25) is 9.69 Å². The predicted molar refractivity (Wildman–Crippen MR) is 129 cm³/mol. The van der Waals surface area contributed by atoms with E-state index in [1.165, 1.54) is 0 Å². The molecule has 0 atom stereocenters. The Morgan fingerprint density at radius 3 is 2.61 bits per heavy atom. The SMILES string of the molecule is CCN(CCNC(=O)c1cc(-c2ccc3c(c2)OCCO3)nc2c1cnn2C(C)C)C(C)C. The molecule has 4 rings (SSSR count). The number of hydrogen-bond donors (Lipinski definition) is 1. The van der Waals surface area contributed by atoms with E-state index in [0.717, 1.165) is 29.8 Å². The fourth-order valence-electron chi connectivity index (χ4n) is 4.12. The Labute approximate surface area is 194 Å². The van der Waals surface area contributed by atoms with E-state index >= 15 is 0 Å². The van der Waals surface area contributed by atoms with E-state index in [4.69, 9.17) is 14.5 Å². The van der Waals surface area contributed by atoms with Crippen LogP contribution in [0.15, 0.2) is 30.5 Å². The molecule has 2 aromatic heterocycles. The summed E-state index contributed by atoms with van der Waals surface area (Å²) in [6.07, 6.45) is 1.73. The molecule has 0 saturated heterocycles. The lowest BCUT2D eigenvalue weighted by atomic mass is 10.1. The highest BCUT2D eigenvalue weighted by atomic mass is 16.6. The molecule has 176 valence electrons. The second kappa shape index (κ2) is 9.79. The number of nitrogens with one attached hydrogen (secondary N) is 1. The summed E-state index contributed by atoms with van der Waals surface area (Å²) in [7, 11) is 0. The summed E-state index contributed by atoms with van der Waals surface area (Å²) in [6.45, 7) is 13.9. The zero-order valence-electron chi connectivity index (χ0n) is 20.1. The highest BCUT2D eigenvalue weighted by Crippen LogP contribution is 2.35. The number of hydrogen-bond acceptors (Lipinski definition) is 6. The van der Waals surface area contributed by atoms with Crippen LogP contribution in [0.1, 0.15) is 51.0 Å². The summed E-state index contributed by atoms with van der Waals surface area (Å²) in [4.78, 5) is 20.5. The van der Waals surface area contributed by atoms with Gasteiger partial charge in [-0.1, -0.05) is 6.92 Å². The average molecular weight is 452 g/mol. The van der Waals surface area contributed by atoms with Gasteiger partial charge in [0.1, 0.15) is 13.2 Å². The molecule has 0 bridgehead atoms. The monoisotopic (exact) mass is 451 g/mol. The summed E-state index contributed by atoms with van der Waals surface area (Å²) < 4.78 is 13.2. The molecule has 3 heterocycles. The molecular weight excluding hydrogens is 418 g/mol. The Morgan fingerprint density at radius 1 is 1.15 bits per heavy atom. The number of carbonyl (C=O) groups excluding carboxylic acids is 1. The lowest BCUT2D eigenvalue weighted by Crippen LogP contribution is -2.38. The van der Waals surface area contributed by atoms with Crippen LogP contribution < -0.4 is 14.8 Å². The molecule has 33 heavy (non-hydrogen) atoms.